The maximum absolute atomic E-state index is 10.7. The Balaban J connectivity index is 0.000000321. The van der Waals surface area contributed by atoms with Crippen LogP contribution in [0.5, 0.6) is 0 Å². The van der Waals surface area contributed by atoms with Crippen LogP contribution in [0.3, 0.4) is 0 Å². The highest BCUT2D eigenvalue weighted by atomic mass is 32.2. The topological polar surface area (TPSA) is 57.2 Å². The zero-order chi connectivity index (χ0) is 22.5. The van der Waals surface area contributed by atoms with Gasteiger partial charge in [0.1, 0.15) is 10.6 Å². The summed E-state index contributed by atoms with van der Waals surface area (Å²) in [6.45, 7) is 14.6. The van der Waals surface area contributed by atoms with E-state index in [1.807, 2.05) is 0 Å². The summed E-state index contributed by atoms with van der Waals surface area (Å²) in [6.07, 6.45) is 0. The molecule has 29 heavy (non-hydrogen) atoms. The minimum atomic E-state index is -6.09. The maximum atomic E-state index is 10.7. The minimum Gasteiger partial charge on any atom is -0.741 e. The highest BCUT2D eigenvalue weighted by Gasteiger charge is 2.65. The van der Waals surface area contributed by atoms with Crippen LogP contribution in [0.4, 0.5) is 13.2 Å². The van der Waals surface area contributed by atoms with Gasteiger partial charge in [-0.05, 0) is 53.7 Å². The van der Waals surface area contributed by atoms with Crippen molar-refractivity contribution in [2.45, 2.75) is 57.4 Å². The number of alkyl halides is 3. The fraction of sp³-hybridized carbons (Fsp3) is 0.429. The van der Waals surface area contributed by atoms with E-state index in [9.17, 15) is 13.2 Å². The average molecular weight is 446 g/mol. The number of fused-ring (bicyclic) bond motifs is 3. The summed E-state index contributed by atoms with van der Waals surface area (Å²) in [4.78, 5) is 0. The molecule has 0 saturated heterocycles. The summed E-state index contributed by atoms with van der Waals surface area (Å²) in [5, 5.41) is 3.72. The molecule has 0 saturated carbocycles. The number of hydrogen-bond acceptors (Lipinski definition) is 3. The van der Waals surface area contributed by atoms with E-state index in [1.165, 1.54) is 11.1 Å². The molecular weight excluding hydrogens is 420 g/mol. The van der Waals surface area contributed by atoms with Crippen LogP contribution in [0.1, 0.15) is 41.5 Å². The molecule has 3 nitrogen and oxygen atoms in total. The van der Waals surface area contributed by atoms with E-state index in [1.54, 1.807) is 10.6 Å². The van der Waals surface area contributed by atoms with Crippen molar-refractivity contribution in [2.75, 3.05) is 0 Å². The third-order valence-electron chi connectivity index (χ3n) is 5.12. The molecule has 0 spiro atoms. The fourth-order valence-electron chi connectivity index (χ4n) is 4.57. The van der Waals surface area contributed by atoms with Crippen molar-refractivity contribution in [1.82, 2.24) is 0 Å². The zero-order valence-corrected chi connectivity index (χ0v) is 19.0. The molecular formula is C21H26F3O3PS. The molecule has 0 amide bonds. The first-order valence-electron chi connectivity index (χ1n) is 9.07. The van der Waals surface area contributed by atoms with E-state index < -0.39 is 22.9 Å². The smallest absolute Gasteiger partial charge is 0.485 e. The normalized spacial score (nSPS) is 15.8. The van der Waals surface area contributed by atoms with Crippen LogP contribution in [0.2, 0.25) is 0 Å². The Labute approximate surface area is 171 Å². The molecule has 0 aliphatic carbocycles. The van der Waals surface area contributed by atoms with Gasteiger partial charge < -0.3 is 4.55 Å². The predicted molar refractivity (Wildman–Crippen MR) is 113 cm³/mol. The Morgan fingerprint density at radius 3 is 1.24 bits per heavy atom. The van der Waals surface area contributed by atoms with Crippen LogP contribution in [0.25, 0.3) is 11.1 Å². The number of benzene rings is 2. The summed E-state index contributed by atoms with van der Waals surface area (Å²) >= 11 is 0. The Hall–Kier alpha value is -1.43. The third-order valence-corrected chi connectivity index (χ3v) is 11.9. The highest BCUT2D eigenvalue weighted by molar-refractivity contribution is 7.93. The van der Waals surface area contributed by atoms with Gasteiger partial charge in [0.15, 0.2) is 10.1 Å². The van der Waals surface area contributed by atoms with Gasteiger partial charge in [0.2, 0.25) is 0 Å². The second-order valence-electron chi connectivity index (χ2n) is 8.95. The van der Waals surface area contributed by atoms with Crippen LogP contribution in [0.15, 0.2) is 48.5 Å². The minimum absolute atomic E-state index is 0.258. The Morgan fingerprint density at radius 2 is 1.00 bits per heavy atom. The number of hydrogen-bond donors (Lipinski definition) is 0. The van der Waals surface area contributed by atoms with Crippen molar-refractivity contribution >= 4 is 28.0 Å². The summed E-state index contributed by atoms with van der Waals surface area (Å²) in [7, 11) is -7.58. The van der Waals surface area contributed by atoms with E-state index >= 15 is 0 Å². The van der Waals surface area contributed by atoms with Crippen molar-refractivity contribution in [2.24, 2.45) is 0 Å². The molecule has 1 aliphatic rings. The molecule has 1 aliphatic heterocycles. The molecule has 2 aromatic carbocycles. The largest absolute Gasteiger partial charge is 0.741 e. The molecule has 8 heteroatoms. The SMILES string of the molecule is CC(C)(C)[P+]1(C(C)(C)C)c2ccccc2-c2ccccc21.O=S(=O)([O-])C(F)(F)F. The summed E-state index contributed by atoms with van der Waals surface area (Å²) in [5.74, 6) is 0. The van der Waals surface area contributed by atoms with Gasteiger partial charge in [-0.3, -0.25) is 0 Å². The highest BCUT2D eigenvalue weighted by Crippen LogP contribution is 2.78. The summed E-state index contributed by atoms with van der Waals surface area (Å²) < 4.78 is 58.9. The first-order valence-corrected chi connectivity index (χ1v) is 12.3. The van der Waals surface area contributed by atoms with E-state index in [0.29, 0.717) is 0 Å². The van der Waals surface area contributed by atoms with E-state index in [0.717, 1.165) is 0 Å². The van der Waals surface area contributed by atoms with Crippen molar-refractivity contribution in [3.8, 4) is 11.1 Å². The van der Waals surface area contributed by atoms with Gasteiger partial charge in [0, 0.05) is 11.1 Å². The quantitative estimate of drug-likeness (QED) is 0.314. The molecule has 1 heterocycles. The Bertz CT molecular complexity index is 939. The second-order valence-corrected chi connectivity index (χ2v) is 15.3. The first-order chi connectivity index (χ1) is 13.0. The van der Waals surface area contributed by atoms with Crippen LogP contribution >= 0.6 is 7.26 Å². The van der Waals surface area contributed by atoms with Gasteiger partial charge in [-0.25, -0.2) is 8.42 Å². The molecule has 0 aromatic heterocycles. The average Bonchev–Trinajstić information content (AvgIpc) is 2.84. The molecule has 160 valence electrons. The van der Waals surface area contributed by atoms with E-state index in [-0.39, 0.29) is 10.3 Å². The molecule has 3 rings (SSSR count). The lowest BCUT2D eigenvalue weighted by molar-refractivity contribution is -0.0517. The molecule has 0 fully saturated rings. The van der Waals surface area contributed by atoms with E-state index in [2.05, 4.69) is 90.1 Å². The van der Waals surface area contributed by atoms with Crippen molar-refractivity contribution in [3.63, 3.8) is 0 Å². The summed E-state index contributed by atoms with van der Waals surface area (Å²) in [6, 6.07) is 18.2. The fourth-order valence-corrected chi connectivity index (χ4v) is 11.5. The molecule has 2 aromatic rings. The van der Waals surface area contributed by atoms with Gasteiger partial charge in [-0.1, -0.05) is 36.4 Å². The van der Waals surface area contributed by atoms with E-state index in [4.69, 9.17) is 13.0 Å². The van der Waals surface area contributed by atoms with Gasteiger partial charge in [-0.2, -0.15) is 13.2 Å². The van der Waals surface area contributed by atoms with Crippen molar-refractivity contribution in [3.05, 3.63) is 48.5 Å². The monoisotopic (exact) mass is 446 g/mol. The second kappa shape index (κ2) is 7.36. The van der Waals surface area contributed by atoms with Crippen LogP contribution in [0, 0.1) is 0 Å². The zero-order valence-electron chi connectivity index (χ0n) is 17.3. The molecule has 0 unspecified atom stereocenters. The Kier molecular flexibility index (Phi) is 6.06. The van der Waals surface area contributed by atoms with Gasteiger partial charge in [-0.15, -0.1) is 0 Å². The molecule has 0 bridgehead atoms. The Morgan fingerprint density at radius 1 is 0.724 bits per heavy atom. The standard InChI is InChI=1S/C20H26P.CHF3O3S/c1-19(2,3)21(20(4,5)6)17-13-9-7-11-15(17)16-12-8-10-14-18(16)21;2-1(3,4)8(5,6)7/h7-14H,1-6H3;(H,5,6,7)/q+1;/p-1. The van der Waals surface area contributed by atoms with Crippen molar-refractivity contribution in [1.29, 1.82) is 0 Å². The van der Waals surface area contributed by atoms with Gasteiger partial charge >= 0.3 is 5.51 Å². The summed E-state index contributed by atoms with van der Waals surface area (Å²) in [5.41, 5.74) is -2.72. The lowest BCUT2D eigenvalue weighted by atomic mass is 10.1. The van der Waals surface area contributed by atoms with Crippen LogP contribution in [-0.4, -0.2) is 28.8 Å². The number of halogens is 3. The molecule has 0 N–H and O–H groups in total. The van der Waals surface area contributed by atoms with Crippen LogP contribution < -0.4 is 10.6 Å². The van der Waals surface area contributed by atoms with Crippen molar-refractivity contribution < 1.29 is 26.1 Å². The predicted octanol–water partition coefficient (Wildman–Crippen LogP) is 5.28. The van der Waals surface area contributed by atoms with Gasteiger partial charge in [0.05, 0.1) is 17.6 Å². The maximum Gasteiger partial charge on any atom is 0.485 e. The van der Waals surface area contributed by atoms with Gasteiger partial charge in [0.25, 0.3) is 0 Å². The molecule has 0 atom stereocenters. The molecule has 0 radical (unpaired) electrons. The third kappa shape index (κ3) is 3.97. The lowest BCUT2D eigenvalue weighted by Gasteiger charge is -2.45. The lowest BCUT2D eigenvalue weighted by Crippen LogP contribution is -2.43. The van der Waals surface area contributed by atoms with Crippen LogP contribution in [-0.2, 0) is 10.1 Å². The number of rotatable bonds is 0. The first kappa shape index (κ1) is 23.8.